The molecule has 1 aliphatic heterocycles. The Morgan fingerprint density at radius 3 is 2.93 bits per heavy atom. The van der Waals surface area contributed by atoms with Crippen LogP contribution < -0.4 is 4.90 Å². The van der Waals surface area contributed by atoms with E-state index in [0.29, 0.717) is 0 Å². The third kappa shape index (κ3) is 1.99. The summed E-state index contributed by atoms with van der Waals surface area (Å²) in [6, 6.07) is 2.11. The van der Waals surface area contributed by atoms with Crippen molar-refractivity contribution >= 4 is 5.82 Å². The van der Waals surface area contributed by atoms with Crippen LogP contribution in [0.5, 0.6) is 0 Å². The molecule has 0 aliphatic carbocycles. The van der Waals surface area contributed by atoms with E-state index < -0.39 is 0 Å². The van der Waals surface area contributed by atoms with Crippen LogP contribution in [0.1, 0.15) is 31.4 Å². The minimum Gasteiger partial charge on any atom is -0.356 e. The van der Waals surface area contributed by atoms with Crippen LogP contribution in [0.2, 0.25) is 0 Å². The third-order valence-corrected chi connectivity index (χ3v) is 3.34. The maximum absolute atomic E-state index is 4.55. The van der Waals surface area contributed by atoms with Gasteiger partial charge in [0.15, 0.2) is 0 Å². The van der Waals surface area contributed by atoms with Gasteiger partial charge in [-0.2, -0.15) is 0 Å². The topological polar surface area (TPSA) is 16.1 Å². The standard InChI is InChI=1S/C13H20N2/c1-4-12-11(3)5-7-14-13(12)15-8-6-10(2)9-15/h5,7,10H,4,6,8-9H2,1-3H3. The first-order valence-corrected chi connectivity index (χ1v) is 5.91. The molecule has 0 spiro atoms. The van der Waals surface area contributed by atoms with Gasteiger partial charge in [0.2, 0.25) is 0 Å². The highest BCUT2D eigenvalue weighted by Crippen LogP contribution is 2.26. The normalized spacial score (nSPS) is 21.0. The van der Waals surface area contributed by atoms with E-state index in [1.807, 2.05) is 6.20 Å². The van der Waals surface area contributed by atoms with Gasteiger partial charge in [-0.05, 0) is 42.9 Å². The second kappa shape index (κ2) is 4.21. The van der Waals surface area contributed by atoms with Gasteiger partial charge < -0.3 is 4.90 Å². The molecule has 0 aromatic carbocycles. The highest BCUT2D eigenvalue weighted by molar-refractivity contribution is 5.51. The van der Waals surface area contributed by atoms with Crippen molar-refractivity contribution in [1.82, 2.24) is 4.98 Å². The number of rotatable bonds is 2. The van der Waals surface area contributed by atoms with E-state index in [1.54, 1.807) is 0 Å². The molecule has 1 unspecified atom stereocenters. The fourth-order valence-electron chi connectivity index (χ4n) is 2.41. The highest BCUT2D eigenvalue weighted by Gasteiger charge is 2.21. The first-order valence-electron chi connectivity index (χ1n) is 5.91. The lowest BCUT2D eigenvalue weighted by Crippen LogP contribution is -2.22. The van der Waals surface area contributed by atoms with Gasteiger partial charge in [0.05, 0.1) is 0 Å². The Morgan fingerprint density at radius 2 is 2.33 bits per heavy atom. The molecule has 1 saturated heterocycles. The number of hydrogen-bond donors (Lipinski definition) is 0. The Labute approximate surface area is 92.3 Å². The SMILES string of the molecule is CCc1c(C)ccnc1N1CCC(C)C1. The maximum atomic E-state index is 4.55. The van der Waals surface area contributed by atoms with Crippen molar-refractivity contribution in [2.75, 3.05) is 18.0 Å². The van der Waals surface area contributed by atoms with Crippen LogP contribution >= 0.6 is 0 Å². The molecule has 1 aliphatic rings. The predicted molar refractivity (Wildman–Crippen MR) is 64.3 cm³/mol. The molecule has 0 amide bonds. The first-order chi connectivity index (χ1) is 7.22. The average molecular weight is 204 g/mol. The minimum absolute atomic E-state index is 0.817. The number of pyridine rings is 1. The molecule has 0 saturated carbocycles. The van der Waals surface area contributed by atoms with Crippen molar-refractivity contribution in [1.29, 1.82) is 0 Å². The lowest BCUT2D eigenvalue weighted by molar-refractivity contribution is 0.658. The summed E-state index contributed by atoms with van der Waals surface area (Å²) in [5, 5.41) is 0. The molecule has 2 heterocycles. The van der Waals surface area contributed by atoms with Gasteiger partial charge in [0.25, 0.3) is 0 Å². The van der Waals surface area contributed by atoms with Crippen LogP contribution in [-0.2, 0) is 6.42 Å². The van der Waals surface area contributed by atoms with Gasteiger partial charge in [0, 0.05) is 19.3 Å². The van der Waals surface area contributed by atoms with E-state index in [2.05, 4.69) is 36.7 Å². The lowest BCUT2D eigenvalue weighted by Gasteiger charge is -2.21. The maximum Gasteiger partial charge on any atom is 0.131 e. The molecule has 1 aromatic rings. The van der Waals surface area contributed by atoms with E-state index in [0.717, 1.165) is 12.3 Å². The molecule has 2 heteroatoms. The van der Waals surface area contributed by atoms with Crippen LogP contribution in [0, 0.1) is 12.8 Å². The number of aromatic nitrogens is 1. The summed E-state index contributed by atoms with van der Waals surface area (Å²) in [6.07, 6.45) is 4.32. The number of aryl methyl sites for hydroxylation is 1. The zero-order chi connectivity index (χ0) is 10.8. The summed E-state index contributed by atoms with van der Waals surface area (Å²) < 4.78 is 0. The Morgan fingerprint density at radius 1 is 1.53 bits per heavy atom. The molecule has 1 atom stereocenters. The van der Waals surface area contributed by atoms with E-state index in [1.165, 1.54) is 36.5 Å². The molecule has 82 valence electrons. The zero-order valence-electron chi connectivity index (χ0n) is 9.95. The Hall–Kier alpha value is -1.05. The molecule has 1 aromatic heterocycles. The molecule has 2 nitrogen and oxygen atoms in total. The van der Waals surface area contributed by atoms with E-state index in [9.17, 15) is 0 Å². The summed E-state index contributed by atoms with van der Waals surface area (Å²) in [4.78, 5) is 6.99. The first kappa shape index (κ1) is 10.5. The Bertz CT molecular complexity index is 346. The summed E-state index contributed by atoms with van der Waals surface area (Å²) >= 11 is 0. The van der Waals surface area contributed by atoms with Crippen LogP contribution in [0.15, 0.2) is 12.3 Å². The average Bonchev–Trinajstić information content (AvgIpc) is 2.64. The van der Waals surface area contributed by atoms with Crippen LogP contribution in [-0.4, -0.2) is 18.1 Å². The van der Waals surface area contributed by atoms with Crippen molar-refractivity contribution in [3.8, 4) is 0 Å². The molecular weight excluding hydrogens is 184 g/mol. The summed E-state index contributed by atoms with van der Waals surface area (Å²) in [7, 11) is 0. The second-order valence-corrected chi connectivity index (χ2v) is 4.62. The molecule has 0 radical (unpaired) electrons. The Kier molecular flexibility index (Phi) is 2.94. The van der Waals surface area contributed by atoms with Crippen LogP contribution in [0.25, 0.3) is 0 Å². The Balaban J connectivity index is 2.31. The van der Waals surface area contributed by atoms with Crippen molar-refractivity contribution in [3.63, 3.8) is 0 Å². The van der Waals surface area contributed by atoms with Gasteiger partial charge in [-0.3, -0.25) is 0 Å². The zero-order valence-corrected chi connectivity index (χ0v) is 9.95. The largest absolute Gasteiger partial charge is 0.356 e. The molecule has 2 rings (SSSR count). The fourth-order valence-corrected chi connectivity index (χ4v) is 2.41. The summed E-state index contributed by atoms with van der Waals surface area (Å²) in [5.41, 5.74) is 2.80. The number of hydrogen-bond acceptors (Lipinski definition) is 2. The minimum atomic E-state index is 0.817. The third-order valence-electron chi connectivity index (χ3n) is 3.34. The lowest BCUT2D eigenvalue weighted by atomic mass is 10.1. The number of nitrogens with zero attached hydrogens (tertiary/aromatic N) is 2. The smallest absolute Gasteiger partial charge is 0.131 e. The molecule has 15 heavy (non-hydrogen) atoms. The molecule has 0 bridgehead atoms. The van der Waals surface area contributed by atoms with Crippen molar-refractivity contribution in [3.05, 3.63) is 23.4 Å². The predicted octanol–water partition coefficient (Wildman–Crippen LogP) is 2.80. The summed E-state index contributed by atoms with van der Waals surface area (Å²) in [5.74, 6) is 2.04. The highest BCUT2D eigenvalue weighted by atomic mass is 15.2. The van der Waals surface area contributed by atoms with E-state index in [-0.39, 0.29) is 0 Å². The van der Waals surface area contributed by atoms with Gasteiger partial charge >= 0.3 is 0 Å². The van der Waals surface area contributed by atoms with Crippen LogP contribution in [0.4, 0.5) is 5.82 Å². The molecule has 1 fully saturated rings. The molecular formula is C13H20N2. The van der Waals surface area contributed by atoms with E-state index in [4.69, 9.17) is 0 Å². The van der Waals surface area contributed by atoms with E-state index >= 15 is 0 Å². The van der Waals surface area contributed by atoms with Crippen molar-refractivity contribution in [2.24, 2.45) is 5.92 Å². The van der Waals surface area contributed by atoms with Gasteiger partial charge in [-0.15, -0.1) is 0 Å². The number of anilines is 1. The second-order valence-electron chi connectivity index (χ2n) is 4.62. The monoisotopic (exact) mass is 204 g/mol. The van der Waals surface area contributed by atoms with Crippen molar-refractivity contribution in [2.45, 2.75) is 33.6 Å². The van der Waals surface area contributed by atoms with Gasteiger partial charge in [-0.25, -0.2) is 4.98 Å². The summed E-state index contributed by atoms with van der Waals surface area (Å²) in [6.45, 7) is 9.06. The fraction of sp³-hybridized carbons (Fsp3) is 0.615. The van der Waals surface area contributed by atoms with Gasteiger partial charge in [-0.1, -0.05) is 13.8 Å². The molecule has 0 N–H and O–H groups in total. The van der Waals surface area contributed by atoms with Crippen molar-refractivity contribution < 1.29 is 0 Å². The van der Waals surface area contributed by atoms with Crippen LogP contribution in [0.3, 0.4) is 0 Å². The van der Waals surface area contributed by atoms with Gasteiger partial charge in [0.1, 0.15) is 5.82 Å². The quantitative estimate of drug-likeness (QED) is 0.736.